The number of esters is 1. The number of aromatic amines is 1. The Morgan fingerprint density at radius 3 is 2.62 bits per heavy atom. The van der Waals surface area contributed by atoms with Crippen LogP contribution in [0.3, 0.4) is 0 Å². The highest BCUT2D eigenvalue weighted by Crippen LogP contribution is 2.36. The van der Waals surface area contributed by atoms with Crippen LogP contribution in [0.25, 0.3) is 16.7 Å². The van der Waals surface area contributed by atoms with E-state index in [0.29, 0.717) is 12.1 Å². The number of aryl methyl sites for hydroxylation is 1. The smallest absolute Gasteiger partial charge is 0.417 e. The lowest BCUT2D eigenvalue weighted by Gasteiger charge is -2.12. The van der Waals surface area contributed by atoms with Gasteiger partial charge in [0, 0.05) is 0 Å². The third-order valence-electron chi connectivity index (χ3n) is 3.86. The molecule has 1 aromatic carbocycles. The maximum absolute atomic E-state index is 13.1. The number of hydrogen-bond acceptors (Lipinski definition) is 4. The Morgan fingerprint density at radius 2 is 2.04 bits per heavy atom. The fourth-order valence-corrected chi connectivity index (χ4v) is 3.06. The summed E-state index contributed by atoms with van der Waals surface area (Å²) in [5.74, 6) is -0.710. The highest BCUT2D eigenvalue weighted by molar-refractivity contribution is 6.32. The van der Waals surface area contributed by atoms with Crippen LogP contribution in [0.5, 0.6) is 0 Å². The number of rotatable bonds is 3. The van der Waals surface area contributed by atoms with Crippen molar-refractivity contribution in [2.45, 2.75) is 26.4 Å². The second-order valence-electron chi connectivity index (χ2n) is 5.44. The number of imidazole rings is 1. The van der Waals surface area contributed by atoms with Gasteiger partial charge in [0.05, 0.1) is 33.9 Å². The lowest BCUT2D eigenvalue weighted by atomic mass is 10.1. The van der Waals surface area contributed by atoms with Crippen molar-refractivity contribution in [2.75, 3.05) is 6.61 Å². The van der Waals surface area contributed by atoms with E-state index in [-0.39, 0.29) is 29.0 Å². The van der Waals surface area contributed by atoms with Crippen LogP contribution < -0.4 is 5.56 Å². The highest BCUT2D eigenvalue weighted by Gasteiger charge is 2.34. The summed E-state index contributed by atoms with van der Waals surface area (Å²) in [6.07, 6.45) is -4.37. The number of fused-ring (bicyclic) bond motifs is 3. The van der Waals surface area contributed by atoms with Gasteiger partial charge in [0.15, 0.2) is 5.69 Å². The van der Waals surface area contributed by atoms with Gasteiger partial charge in [0.2, 0.25) is 5.65 Å². The Morgan fingerprint density at radius 1 is 1.35 bits per heavy atom. The molecule has 3 rings (SSSR count). The van der Waals surface area contributed by atoms with Crippen LogP contribution in [0.15, 0.2) is 16.9 Å². The molecule has 0 saturated heterocycles. The normalized spacial score (nSPS) is 12.1. The zero-order valence-corrected chi connectivity index (χ0v) is 14.5. The predicted octanol–water partition coefficient (Wildman–Crippen LogP) is 3.59. The standard InChI is InChI=1S/C16H13ClF3N3O3/c1-3-10-12(15(25)26-4-2)22-13-14(24)21-9-5-7(16(18,19)20)8(17)6-11(9)23(10)13/h5-6H,3-4H2,1-2H3,(H,21,24). The Labute approximate surface area is 149 Å². The molecule has 26 heavy (non-hydrogen) atoms. The number of halogens is 4. The fourth-order valence-electron chi connectivity index (χ4n) is 2.80. The molecule has 0 fully saturated rings. The number of alkyl halides is 3. The van der Waals surface area contributed by atoms with E-state index < -0.39 is 28.3 Å². The Bertz CT molecular complexity index is 1090. The molecule has 0 saturated carbocycles. The van der Waals surface area contributed by atoms with E-state index in [4.69, 9.17) is 16.3 Å². The van der Waals surface area contributed by atoms with Crippen molar-refractivity contribution in [3.8, 4) is 0 Å². The average molecular weight is 388 g/mol. The predicted molar refractivity (Wildman–Crippen MR) is 88.7 cm³/mol. The minimum atomic E-state index is -4.67. The molecule has 2 heterocycles. The van der Waals surface area contributed by atoms with Crippen LogP contribution in [0.1, 0.15) is 35.6 Å². The molecular weight excluding hydrogens is 375 g/mol. The molecule has 138 valence electrons. The molecule has 0 amide bonds. The number of carbonyl (C=O) groups excluding carboxylic acids is 1. The average Bonchev–Trinajstić information content (AvgIpc) is 2.95. The van der Waals surface area contributed by atoms with Gasteiger partial charge in [0.1, 0.15) is 0 Å². The van der Waals surface area contributed by atoms with Crippen LogP contribution >= 0.6 is 11.6 Å². The molecule has 0 aliphatic heterocycles. The van der Waals surface area contributed by atoms with E-state index >= 15 is 0 Å². The van der Waals surface area contributed by atoms with Gasteiger partial charge in [-0.15, -0.1) is 0 Å². The molecule has 0 aliphatic rings. The van der Waals surface area contributed by atoms with Crippen molar-refractivity contribution in [1.29, 1.82) is 0 Å². The first-order valence-electron chi connectivity index (χ1n) is 7.70. The summed E-state index contributed by atoms with van der Waals surface area (Å²) >= 11 is 5.81. The zero-order chi connectivity index (χ0) is 19.2. The summed E-state index contributed by atoms with van der Waals surface area (Å²) in [5, 5.41) is -0.521. The maximum atomic E-state index is 13.1. The van der Waals surface area contributed by atoms with Gasteiger partial charge < -0.3 is 9.72 Å². The van der Waals surface area contributed by atoms with Crippen LogP contribution in [-0.2, 0) is 17.3 Å². The zero-order valence-electron chi connectivity index (χ0n) is 13.7. The van der Waals surface area contributed by atoms with Gasteiger partial charge >= 0.3 is 12.1 Å². The fraction of sp³-hybridized carbons (Fsp3) is 0.312. The summed E-state index contributed by atoms with van der Waals surface area (Å²) in [4.78, 5) is 30.8. The molecule has 0 unspecified atom stereocenters. The van der Waals surface area contributed by atoms with Gasteiger partial charge in [-0.1, -0.05) is 18.5 Å². The van der Waals surface area contributed by atoms with E-state index in [0.717, 1.165) is 12.1 Å². The van der Waals surface area contributed by atoms with Crippen molar-refractivity contribution in [1.82, 2.24) is 14.4 Å². The number of nitrogens with zero attached hydrogens (tertiary/aromatic N) is 2. The molecule has 6 nitrogen and oxygen atoms in total. The summed E-state index contributed by atoms with van der Waals surface area (Å²) < 4.78 is 45.5. The van der Waals surface area contributed by atoms with E-state index in [9.17, 15) is 22.8 Å². The number of hydrogen-bond donors (Lipinski definition) is 1. The van der Waals surface area contributed by atoms with E-state index in [1.807, 2.05) is 0 Å². The van der Waals surface area contributed by atoms with Crippen molar-refractivity contribution in [2.24, 2.45) is 0 Å². The Kier molecular flexibility index (Phi) is 4.43. The van der Waals surface area contributed by atoms with Crippen molar-refractivity contribution in [3.63, 3.8) is 0 Å². The lowest BCUT2D eigenvalue weighted by molar-refractivity contribution is -0.137. The molecule has 0 spiro atoms. The first kappa shape index (κ1) is 18.2. The molecule has 2 aromatic heterocycles. The Balaban J connectivity index is 2.43. The van der Waals surface area contributed by atoms with Crippen LogP contribution in [0.2, 0.25) is 5.02 Å². The van der Waals surface area contributed by atoms with E-state index in [1.54, 1.807) is 13.8 Å². The second-order valence-corrected chi connectivity index (χ2v) is 5.85. The Hall–Kier alpha value is -2.55. The summed E-state index contributed by atoms with van der Waals surface area (Å²) in [6, 6.07) is 1.86. The number of aromatic nitrogens is 3. The van der Waals surface area contributed by atoms with Crippen molar-refractivity contribution in [3.05, 3.63) is 44.5 Å². The first-order chi connectivity index (χ1) is 12.2. The van der Waals surface area contributed by atoms with Crippen LogP contribution in [-0.4, -0.2) is 26.9 Å². The van der Waals surface area contributed by atoms with Crippen molar-refractivity contribution >= 4 is 34.3 Å². The largest absolute Gasteiger partial charge is 0.461 e. The SMILES string of the molecule is CCOC(=O)c1nc2c(=O)[nH]c3cc(C(F)(F)F)c(Cl)cc3n2c1CC. The number of nitrogens with one attached hydrogen (secondary N) is 1. The number of H-pyrrole nitrogens is 1. The molecule has 3 aromatic rings. The van der Waals surface area contributed by atoms with E-state index in [1.165, 1.54) is 4.40 Å². The minimum absolute atomic E-state index is 0.0524. The molecule has 0 aliphatic carbocycles. The third kappa shape index (κ3) is 2.82. The van der Waals surface area contributed by atoms with Gasteiger partial charge in [-0.05, 0) is 25.5 Å². The minimum Gasteiger partial charge on any atom is -0.461 e. The van der Waals surface area contributed by atoms with Gasteiger partial charge in [-0.2, -0.15) is 13.2 Å². The third-order valence-corrected chi connectivity index (χ3v) is 4.17. The maximum Gasteiger partial charge on any atom is 0.417 e. The summed E-state index contributed by atoms with van der Waals surface area (Å²) in [7, 11) is 0. The van der Waals surface area contributed by atoms with E-state index in [2.05, 4.69) is 9.97 Å². The number of benzene rings is 1. The molecule has 0 atom stereocenters. The second kappa shape index (κ2) is 6.31. The monoisotopic (exact) mass is 387 g/mol. The van der Waals surface area contributed by atoms with Crippen molar-refractivity contribution < 1.29 is 22.7 Å². The summed E-state index contributed by atoms with van der Waals surface area (Å²) in [6.45, 7) is 3.47. The van der Waals surface area contributed by atoms with Crippen LogP contribution in [0, 0.1) is 0 Å². The molecule has 1 N–H and O–H groups in total. The topological polar surface area (TPSA) is 76.5 Å². The molecule has 0 radical (unpaired) electrons. The van der Waals surface area contributed by atoms with Crippen LogP contribution in [0.4, 0.5) is 13.2 Å². The summed E-state index contributed by atoms with van der Waals surface area (Å²) in [5.41, 5.74) is -1.47. The van der Waals surface area contributed by atoms with Gasteiger partial charge in [0.25, 0.3) is 5.56 Å². The highest BCUT2D eigenvalue weighted by atomic mass is 35.5. The quantitative estimate of drug-likeness (QED) is 0.697. The molecular formula is C16H13ClF3N3O3. The molecule has 0 bridgehead atoms. The van der Waals surface area contributed by atoms with Gasteiger partial charge in [-0.25, -0.2) is 9.78 Å². The number of carbonyl (C=O) groups is 1. The lowest BCUT2D eigenvalue weighted by Crippen LogP contribution is -2.13. The van der Waals surface area contributed by atoms with Gasteiger partial charge in [-0.3, -0.25) is 9.20 Å². The first-order valence-corrected chi connectivity index (χ1v) is 8.08. The molecule has 10 heteroatoms. The number of ether oxygens (including phenoxy) is 1.